The Morgan fingerprint density at radius 1 is 1.40 bits per heavy atom. The maximum atomic E-state index is 9.53. The van der Waals surface area contributed by atoms with Gasteiger partial charge in [0, 0.05) is 16.3 Å². The number of thiophene rings is 1. The Labute approximate surface area is 96.3 Å². The Morgan fingerprint density at radius 3 is 2.53 bits per heavy atom. The number of nitrogens with one attached hydrogen (secondary N) is 1. The molecule has 0 saturated carbocycles. The van der Waals surface area contributed by atoms with E-state index < -0.39 is 5.60 Å². The zero-order valence-electron chi connectivity index (χ0n) is 10.1. The summed E-state index contributed by atoms with van der Waals surface area (Å²) in [5, 5.41) is 12.9. The molecule has 0 amide bonds. The molecular formula is C12H21NOS. The van der Waals surface area contributed by atoms with Gasteiger partial charge in [-0.2, -0.15) is 0 Å². The smallest absolute Gasteiger partial charge is 0.0603 e. The highest BCUT2D eigenvalue weighted by molar-refractivity contribution is 7.12. The van der Waals surface area contributed by atoms with Crippen LogP contribution >= 0.6 is 11.3 Å². The third kappa shape index (κ3) is 4.78. The van der Waals surface area contributed by atoms with E-state index in [1.807, 2.05) is 25.2 Å². The van der Waals surface area contributed by atoms with Crippen LogP contribution in [0.15, 0.2) is 6.07 Å². The van der Waals surface area contributed by atoms with Gasteiger partial charge in [0.2, 0.25) is 0 Å². The van der Waals surface area contributed by atoms with Crippen molar-refractivity contribution in [3.05, 3.63) is 21.4 Å². The van der Waals surface area contributed by atoms with Gasteiger partial charge >= 0.3 is 0 Å². The number of rotatable bonds is 5. The van der Waals surface area contributed by atoms with Gasteiger partial charge in [-0.25, -0.2) is 0 Å². The normalized spacial score (nSPS) is 12.1. The van der Waals surface area contributed by atoms with E-state index in [1.54, 1.807) is 0 Å². The Hall–Kier alpha value is -0.380. The van der Waals surface area contributed by atoms with Gasteiger partial charge in [-0.05, 0) is 52.3 Å². The molecule has 0 unspecified atom stereocenters. The van der Waals surface area contributed by atoms with Crippen molar-refractivity contribution in [2.24, 2.45) is 0 Å². The third-order valence-corrected chi connectivity index (χ3v) is 3.58. The van der Waals surface area contributed by atoms with E-state index in [4.69, 9.17) is 0 Å². The van der Waals surface area contributed by atoms with E-state index >= 15 is 0 Å². The molecule has 15 heavy (non-hydrogen) atoms. The average Bonchev–Trinajstić information content (AvgIpc) is 2.39. The van der Waals surface area contributed by atoms with E-state index in [-0.39, 0.29) is 0 Å². The first-order valence-corrected chi connectivity index (χ1v) is 6.19. The molecular weight excluding hydrogens is 206 g/mol. The largest absolute Gasteiger partial charge is 0.390 e. The van der Waals surface area contributed by atoms with Crippen LogP contribution in [-0.4, -0.2) is 17.3 Å². The Bertz CT molecular complexity index is 292. The van der Waals surface area contributed by atoms with E-state index in [0.29, 0.717) is 0 Å². The minimum absolute atomic E-state index is 0.561. The summed E-state index contributed by atoms with van der Waals surface area (Å²) in [4.78, 5) is 2.77. The van der Waals surface area contributed by atoms with Gasteiger partial charge in [0.15, 0.2) is 0 Å². The van der Waals surface area contributed by atoms with Crippen LogP contribution < -0.4 is 5.32 Å². The molecule has 1 heterocycles. The van der Waals surface area contributed by atoms with Crippen LogP contribution in [0.5, 0.6) is 0 Å². The summed E-state index contributed by atoms with van der Waals surface area (Å²) >= 11 is 1.85. The van der Waals surface area contributed by atoms with Gasteiger partial charge in [0.1, 0.15) is 0 Å². The lowest BCUT2D eigenvalue weighted by Crippen LogP contribution is -2.26. The van der Waals surface area contributed by atoms with Crippen LogP contribution in [0.4, 0.5) is 0 Å². The molecule has 1 aromatic heterocycles. The second kappa shape index (κ2) is 5.10. The molecule has 0 bridgehead atoms. The molecule has 0 atom stereocenters. The van der Waals surface area contributed by atoms with Gasteiger partial charge in [-0.1, -0.05) is 0 Å². The van der Waals surface area contributed by atoms with E-state index in [9.17, 15) is 5.11 Å². The summed E-state index contributed by atoms with van der Waals surface area (Å²) in [5.41, 5.74) is 0.813. The third-order valence-electron chi connectivity index (χ3n) is 2.43. The maximum absolute atomic E-state index is 9.53. The minimum Gasteiger partial charge on any atom is -0.390 e. The van der Waals surface area contributed by atoms with Gasteiger partial charge < -0.3 is 10.4 Å². The average molecular weight is 227 g/mol. The molecule has 2 N–H and O–H groups in total. The summed E-state index contributed by atoms with van der Waals surface area (Å²) in [7, 11) is 0. The number of hydrogen-bond acceptors (Lipinski definition) is 3. The molecule has 0 aliphatic carbocycles. The second-order valence-corrected chi connectivity index (χ2v) is 6.03. The van der Waals surface area contributed by atoms with E-state index in [1.165, 1.54) is 15.3 Å². The lowest BCUT2D eigenvalue weighted by Gasteiger charge is -2.16. The predicted molar refractivity (Wildman–Crippen MR) is 66.4 cm³/mol. The summed E-state index contributed by atoms with van der Waals surface area (Å²) in [5.74, 6) is 0. The number of aliphatic hydroxyl groups is 1. The summed E-state index contributed by atoms with van der Waals surface area (Å²) in [6.45, 7) is 9.75. The number of aryl methyl sites for hydroxylation is 2. The van der Waals surface area contributed by atoms with E-state index in [2.05, 4.69) is 25.2 Å². The quantitative estimate of drug-likeness (QED) is 0.758. The fourth-order valence-corrected chi connectivity index (χ4v) is 2.37. The SMILES string of the molecule is Cc1cc(CNCCC(C)(C)O)sc1C. The van der Waals surface area contributed by atoms with E-state index in [0.717, 1.165) is 19.5 Å². The van der Waals surface area contributed by atoms with Crippen LogP contribution in [0.3, 0.4) is 0 Å². The van der Waals surface area contributed by atoms with Crippen LogP contribution in [-0.2, 0) is 6.54 Å². The van der Waals surface area contributed by atoms with Crippen molar-refractivity contribution < 1.29 is 5.11 Å². The minimum atomic E-state index is -0.561. The molecule has 0 aliphatic rings. The molecule has 0 aromatic carbocycles. The topological polar surface area (TPSA) is 32.3 Å². The molecule has 1 rings (SSSR count). The molecule has 0 radical (unpaired) electrons. The highest BCUT2D eigenvalue weighted by atomic mass is 32.1. The molecule has 86 valence electrons. The molecule has 0 fully saturated rings. The van der Waals surface area contributed by atoms with Crippen molar-refractivity contribution in [3.63, 3.8) is 0 Å². The standard InChI is InChI=1S/C12H21NOS/c1-9-7-11(15-10(9)2)8-13-6-5-12(3,4)14/h7,13-14H,5-6,8H2,1-4H3. The van der Waals surface area contributed by atoms with Crippen molar-refractivity contribution in [1.29, 1.82) is 0 Å². The summed E-state index contributed by atoms with van der Waals surface area (Å²) < 4.78 is 0. The molecule has 0 saturated heterocycles. The molecule has 0 spiro atoms. The first kappa shape index (κ1) is 12.7. The first-order chi connectivity index (χ1) is 6.88. The Kier molecular flexibility index (Phi) is 4.32. The fourth-order valence-electron chi connectivity index (χ4n) is 1.34. The Morgan fingerprint density at radius 2 is 2.07 bits per heavy atom. The highest BCUT2D eigenvalue weighted by Crippen LogP contribution is 2.20. The first-order valence-electron chi connectivity index (χ1n) is 5.37. The van der Waals surface area contributed by atoms with Crippen LogP contribution in [0.2, 0.25) is 0 Å². The molecule has 3 heteroatoms. The zero-order valence-corrected chi connectivity index (χ0v) is 10.9. The van der Waals surface area contributed by atoms with Gasteiger partial charge in [-0.3, -0.25) is 0 Å². The second-order valence-electron chi connectivity index (χ2n) is 4.69. The van der Waals surface area contributed by atoms with Crippen molar-refractivity contribution in [1.82, 2.24) is 5.32 Å². The molecule has 2 nitrogen and oxygen atoms in total. The molecule has 1 aromatic rings. The van der Waals surface area contributed by atoms with Gasteiger partial charge in [0.25, 0.3) is 0 Å². The summed E-state index contributed by atoms with van der Waals surface area (Å²) in [6.07, 6.45) is 0.788. The zero-order chi connectivity index (χ0) is 11.5. The monoisotopic (exact) mass is 227 g/mol. The highest BCUT2D eigenvalue weighted by Gasteiger charge is 2.11. The van der Waals surface area contributed by atoms with Crippen LogP contribution in [0.25, 0.3) is 0 Å². The lowest BCUT2D eigenvalue weighted by atomic mass is 10.1. The van der Waals surface area contributed by atoms with Gasteiger partial charge in [-0.15, -0.1) is 11.3 Å². The van der Waals surface area contributed by atoms with Crippen LogP contribution in [0, 0.1) is 13.8 Å². The van der Waals surface area contributed by atoms with Gasteiger partial charge in [0.05, 0.1) is 5.60 Å². The predicted octanol–water partition coefficient (Wildman–Crippen LogP) is 2.62. The van der Waals surface area contributed by atoms with Crippen molar-refractivity contribution in [2.45, 2.75) is 46.3 Å². The van der Waals surface area contributed by atoms with Crippen molar-refractivity contribution >= 4 is 11.3 Å². The van der Waals surface area contributed by atoms with Crippen LogP contribution in [0.1, 0.15) is 35.6 Å². The molecule has 0 aliphatic heterocycles. The lowest BCUT2D eigenvalue weighted by molar-refractivity contribution is 0.0711. The van der Waals surface area contributed by atoms with Crippen molar-refractivity contribution in [2.75, 3.05) is 6.54 Å². The summed E-state index contributed by atoms with van der Waals surface area (Å²) in [6, 6.07) is 2.23. The fraction of sp³-hybridized carbons (Fsp3) is 0.667. The van der Waals surface area contributed by atoms with Crippen molar-refractivity contribution in [3.8, 4) is 0 Å². The Balaban J connectivity index is 2.26. The number of hydrogen-bond donors (Lipinski definition) is 2. The maximum Gasteiger partial charge on any atom is 0.0603 e.